The molecule has 1 aromatic carbocycles. The number of esters is 1. The molecule has 8 nitrogen and oxygen atoms in total. The number of carbonyl (C=O) groups is 3. The van der Waals surface area contributed by atoms with E-state index in [2.05, 4.69) is 10.6 Å². The van der Waals surface area contributed by atoms with Gasteiger partial charge in [0, 0.05) is 25.0 Å². The predicted octanol–water partition coefficient (Wildman–Crippen LogP) is 2.58. The van der Waals surface area contributed by atoms with Crippen LogP contribution in [0.15, 0.2) is 35.5 Å². The van der Waals surface area contributed by atoms with Gasteiger partial charge in [-0.05, 0) is 31.0 Å². The van der Waals surface area contributed by atoms with Gasteiger partial charge >= 0.3 is 12.0 Å². The van der Waals surface area contributed by atoms with E-state index >= 15 is 0 Å². The maximum Gasteiger partial charge on any atom is 0.337 e. The minimum Gasteiger partial charge on any atom is -0.466 e. The molecule has 1 aliphatic heterocycles. The molecule has 1 unspecified atom stereocenters. The second kappa shape index (κ2) is 9.89. The molecule has 0 spiro atoms. The highest BCUT2D eigenvalue weighted by molar-refractivity contribution is 5.95. The van der Waals surface area contributed by atoms with E-state index in [1.807, 2.05) is 6.92 Å². The van der Waals surface area contributed by atoms with E-state index in [0.717, 1.165) is 12.8 Å². The van der Waals surface area contributed by atoms with Crippen LogP contribution in [0.2, 0.25) is 0 Å². The number of carbonyl (C=O) groups excluding carboxylic acids is 3. The Kier molecular flexibility index (Phi) is 7.57. The highest BCUT2D eigenvalue weighted by atomic mass is 16.5. The van der Waals surface area contributed by atoms with Gasteiger partial charge in [-0.1, -0.05) is 25.5 Å². The van der Waals surface area contributed by atoms with Crippen LogP contribution in [0.3, 0.4) is 0 Å². The lowest BCUT2D eigenvalue weighted by atomic mass is 9.94. The Bertz CT molecular complexity index is 775. The maximum atomic E-state index is 12.6. The van der Waals surface area contributed by atoms with Crippen LogP contribution >= 0.6 is 0 Å². The van der Waals surface area contributed by atoms with Crippen LogP contribution in [0, 0.1) is 0 Å². The van der Waals surface area contributed by atoms with E-state index < -0.39 is 12.0 Å². The summed E-state index contributed by atoms with van der Waals surface area (Å²) in [6.45, 7) is 4.24. The number of nitrogens with one attached hydrogen (secondary N) is 2. The van der Waals surface area contributed by atoms with Crippen molar-refractivity contribution in [3.8, 4) is 0 Å². The number of amides is 3. The smallest absolute Gasteiger partial charge is 0.337 e. The molecule has 0 bridgehead atoms. The van der Waals surface area contributed by atoms with Crippen molar-refractivity contribution < 1.29 is 23.9 Å². The summed E-state index contributed by atoms with van der Waals surface area (Å²) in [5.74, 6) is -0.796. The number of ether oxygens (including phenoxy) is 2. The van der Waals surface area contributed by atoms with Gasteiger partial charge in [0.1, 0.15) is 6.61 Å². The van der Waals surface area contributed by atoms with Crippen molar-refractivity contribution in [3.63, 3.8) is 0 Å². The molecule has 0 fully saturated rings. The Hall–Kier alpha value is -2.87. The molecule has 1 aliphatic rings. The number of nitrogens with zero attached hydrogens (tertiary/aromatic N) is 1. The molecule has 0 saturated heterocycles. The summed E-state index contributed by atoms with van der Waals surface area (Å²) in [7, 11) is 2.75. The second-order valence-corrected chi connectivity index (χ2v) is 6.49. The van der Waals surface area contributed by atoms with Gasteiger partial charge < -0.3 is 20.1 Å². The molecule has 0 saturated carbocycles. The normalized spacial score (nSPS) is 16.6. The van der Waals surface area contributed by atoms with Crippen molar-refractivity contribution in [1.29, 1.82) is 0 Å². The van der Waals surface area contributed by atoms with Crippen LogP contribution in [0.25, 0.3) is 0 Å². The molecule has 1 atom stereocenters. The Morgan fingerprint density at radius 1 is 1.29 bits per heavy atom. The standard InChI is InChI=1S/C20H27N3O5/c1-5-6-10-23-13(2)17(19(25)28-4)18(22-20(23)26)14-8-7-9-15(11-14)21-16(24)12-27-3/h7-9,11,18H,5-6,10,12H2,1-4H3,(H,21,24)(H,22,26). The maximum absolute atomic E-state index is 12.6. The van der Waals surface area contributed by atoms with Gasteiger partial charge in [0.25, 0.3) is 0 Å². The van der Waals surface area contributed by atoms with E-state index in [0.29, 0.717) is 29.1 Å². The monoisotopic (exact) mass is 389 g/mol. The van der Waals surface area contributed by atoms with E-state index in [9.17, 15) is 14.4 Å². The zero-order valence-corrected chi connectivity index (χ0v) is 16.7. The van der Waals surface area contributed by atoms with E-state index in [1.165, 1.54) is 14.2 Å². The van der Waals surface area contributed by atoms with Gasteiger partial charge in [-0.25, -0.2) is 9.59 Å². The molecular weight excluding hydrogens is 362 g/mol. The molecular formula is C20H27N3O5. The average molecular weight is 389 g/mol. The van der Waals surface area contributed by atoms with Crippen LogP contribution in [-0.2, 0) is 19.1 Å². The lowest BCUT2D eigenvalue weighted by Gasteiger charge is -2.35. The molecule has 0 aliphatic carbocycles. The van der Waals surface area contributed by atoms with Gasteiger partial charge in [-0.2, -0.15) is 0 Å². The van der Waals surface area contributed by atoms with Crippen LogP contribution in [0.5, 0.6) is 0 Å². The molecule has 28 heavy (non-hydrogen) atoms. The summed E-state index contributed by atoms with van der Waals surface area (Å²) in [4.78, 5) is 38.5. The first-order valence-corrected chi connectivity index (χ1v) is 9.18. The zero-order valence-electron chi connectivity index (χ0n) is 16.7. The minimum absolute atomic E-state index is 0.0663. The summed E-state index contributed by atoms with van der Waals surface area (Å²) in [5, 5.41) is 5.60. The summed E-state index contributed by atoms with van der Waals surface area (Å²) in [6.07, 6.45) is 1.75. The molecule has 2 N–H and O–H groups in total. The Morgan fingerprint density at radius 3 is 2.68 bits per heavy atom. The predicted molar refractivity (Wildman–Crippen MR) is 105 cm³/mol. The van der Waals surface area contributed by atoms with Gasteiger partial charge in [-0.15, -0.1) is 0 Å². The van der Waals surface area contributed by atoms with Crippen LogP contribution in [0.4, 0.5) is 10.5 Å². The number of hydrogen-bond acceptors (Lipinski definition) is 5. The third-order valence-electron chi connectivity index (χ3n) is 4.52. The van der Waals surface area contributed by atoms with Crippen molar-refractivity contribution in [3.05, 3.63) is 41.1 Å². The highest BCUT2D eigenvalue weighted by Crippen LogP contribution is 2.32. The van der Waals surface area contributed by atoms with E-state index in [4.69, 9.17) is 9.47 Å². The minimum atomic E-state index is -0.669. The number of unbranched alkanes of at least 4 members (excludes halogenated alkanes) is 1. The van der Waals surface area contributed by atoms with Gasteiger partial charge in [0.2, 0.25) is 5.91 Å². The third-order valence-corrected chi connectivity index (χ3v) is 4.52. The first-order valence-electron chi connectivity index (χ1n) is 9.18. The number of anilines is 1. The largest absolute Gasteiger partial charge is 0.466 e. The first-order chi connectivity index (χ1) is 13.4. The molecule has 152 valence electrons. The summed E-state index contributed by atoms with van der Waals surface area (Å²) >= 11 is 0. The zero-order chi connectivity index (χ0) is 20.7. The molecule has 8 heteroatoms. The van der Waals surface area contributed by atoms with E-state index in [-0.39, 0.29) is 18.5 Å². The number of hydrogen-bond donors (Lipinski definition) is 2. The van der Waals surface area contributed by atoms with Crippen LogP contribution in [-0.4, -0.2) is 50.2 Å². The van der Waals surface area contributed by atoms with Gasteiger partial charge in [-0.3, -0.25) is 9.69 Å². The fourth-order valence-corrected chi connectivity index (χ4v) is 3.12. The lowest BCUT2D eigenvalue weighted by Crippen LogP contribution is -2.48. The summed E-state index contributed by atoms with van der Waals surface area (Å²) in [6, 6.07) is 6.04. The SMILES string of the molecule is CCCCN1C(=O)NC(c2cccc(NC(=O)COC)c2)C(C(=O)OC)=C1C. The number of methoxy groups -OCH3 is 2. The van der Waals surface area contributed by atoms with Crippen LogP contribution < -0.4 is 10.6 Å². The molecule has 3 amide bonds. The second-order valence-electron chi connectivity index (χ2n) is 6.49. The molecule has 0 radical (unpaired) electrons. The topological polar surface area (TPSA) is 97.0 Å². The third kappa shape index (κ3) is 4.89. The van der Waals surface area contributed by atoms with E-state index in [1.54, 1.807) is 36.1 Å². The quantitative estimate of drug-likeness (QED) is 0.666. The Labute approximate surface area is 164 Å². The van der Waals surface area contributed by atoms with Crippen molar-refractivity contribution >= 4 is 23.6 Å². The molecule has 1 heterocycles. The van der Waals surface area contributed by atoms with Crippen molar-refractivity contribution in [2.45, 2.75) is 32.7 Å². The summed E-state index contributed by atoms with van der Waals surface area (Å²) < 4.78 is 9.78. The number of urea groups is 1. The highest BCUT2D eigenvalue weighted by Gasteiger charge is 2.36. The number of benzene rings is 1. The molecule has 1 aromatic rings. The van der Waals surface area contributed by atoms with Gasteiger partial charge in [0.15, 0.2) is 0 Å². The number of allylic oxidation sites excluding steroid dienone is 1. The molecule has 2 rings (SSSR count). The summed E-state index contributed by atoms with van der Waals surface area (Å²) in [5.41, 5.74) is 2.16. The first kappa shape index (κ1) is 21.4. The van der Waals surface area contributed by atoms with Gasteiger partial charge in [0.05, 0.1) is 18.7 Å². The van der Waals surface area contributed by atoms with Crippen molar-refractivity contribution in [2.75, 3.05) is 32.7 Å². The fourth-order valence-electron chi connectivity index (χ4n) is 3.12. The average Bonchev–Trinajstić information content (AvgIpc) is 2.67. The number of rotatable bonds is 8. The van der Waals surface area contributed by atoms with Crippen LogP contribution in [0.1, 0.15) is 38.3 Å². The van der Waals surface area contributed by atoms with Crippen molar-refractivity contribution in [2.24, 2.45) is 0 Å². The Balaban J connectivity index is 2.40. The lowest BCUT2D eigenvalue weighted by molar-refractivity contribution is -0.136. The van der Waals surface area contributed by atoms with Crippen molar-refractivity contribution in [1.82, 2.24) is 10.2 Å². The molecule has 0 aromatic heterocycles. The fraction of sp³-hybridized carbons (Fsp3) is 0.450. The Morgan fingerprint density at radius 2 is 2.04 bits per heavy atom.